The molecular weight excluding hydrogens is 859 g/mol. The van der Waals surface area contributed by atoms with Gasteiger partial charge >= 0.3 is 0 Å². The molecule has 8 rings (SSSR count). The fourth-order valence-electron chi connectivity index (χ4n) is 8.85. The first-order valence-corrected chi connectivity index (χ1v) is 22.6. The van der Waals surface area contributed by atoms with Crippen molar-refractivity contribution in [2.45, 2.75) is 65.6 Å². The van der Waals surface area contributed by atoms with E-state index >= 15 is 0 Å². The molecule has 3 aromatic heterocycles. The zero-order valence-corrected chi connectivity index (χ0v) is 38.1. The fraction of sp³-hybridized carbons (Fsp3) is 0.396. The minimum Gasteiger partial charge on any atom is -0.382 e. The standard InChI is InChI=1S/C48H55N11O8/c1-28(2)59-39-24-32(23-34(36(39)27-53-59)44(62)52-26-35-29(3)22-30(4)54-45(35)63)31-8-10-40(51-25-31)57-18-16-56(17-19-57)15-12-41(60)50-14-21-67-20-13-49-37-7-5-6-33-43(37)48(66)58(47(33)65)38-9-11-42(61)55-46(38)64/h5-8,10,22-25,27-28,38,49H,9,11-21,26H2,1-4H3,(H,50,60)(H,52,62)(H,54,63)(H,55,61,64). The molecule has 19 heteroatoms. The molecule has 0 radical (unpaired) electrons. The highest BCUT2D eigenvalue weighted by atomic mass is 16.5. The SMILES string of the molecule is Cc1cc(C)c(CNC(=O)c2cc(-c3ccc(N4CCN(CCC(=O)NCCOCCNc5cccc6c5C(=O)N(C5CCC(=O)NC5=O)C6=O)CC4)nc3)cc3c2cnn3C(C)C)c(=O)[nH]1. The van der Waals surface area contributed by atoms with Crippen molar-refractivity contribution in [3.05, 3.63) is 105 Å². The average molecular weight is 914 g/mol. The lowest BCUT2D eigenvalue weighted by Crippen LogP contribution is -2.54. The maximum absolute atomic E-state index is 13.7. The number of ether oxygens (including phenoxy) is 1. The van der Waals surface area contributed by atoms with Crippen LogP contribution in [0.5, 0.6) is 0 Å². The number of hydrogen-bond acceptors (Lipinski definition) is 13. The summed E-state index contributed by atoms with van der Waals surface area (Å²) in [6.07, 6.45) is 4.01. The number of aromatic nitrogens is 4. The number of nitrogens with one attached hydrogen (secondary N) is 5. The van der Waals surface area contributed by atoms with Crippen molar-refractivity contribution in [1.82, 2.24) is 45.5 Å². The average Bonchev–Trinajstić information content (AvgIpc) is 3.85. The zero-order valence-electron chi connectivity index (χ0n) is 38.1. The summed E-state index contributed by atoms with van der Waals surface area (Å²) in [6, 6.07) is 13.7. The predicted octanol–water partition coefficient (Wildman–Crippen LogP) is 3.07. The number of benzene rings is 2. The maximum Gasteiger partial charge on any atom is 0.264 e. The third-order valence-corrected chi connectivity index (χ3v) is 12.4. The Morgan fingerprint density at radius 3 is 2.42 bits per heavy atom. The molecule has 3 aliphatic rings. The van der Waals surface area contributed by atoms with Gasteiger partial charge in [-0.2, -0.15) is 5.10 Å². The molecule has 6 heterocycles. The second-order valence-electron chi connectivity index (χ2n) is 17.3. The molecule has 0 aliphatic carbocycles. The van der Waals surface area contributed by atoms with Gasteiger partial charge in [-0.1, -0.05) is 6.07 Å². The van der Waals surface area contributed by atoms with E-state index in [2.05, 4.69) is 41.1 Å². The second-order valence-corrected chi connectivity index (χ2v) is 17.3. The molecule has 2 saturated heterocycles. The number of aryl methyl sites for hydroxylation is 2. The number of carbonyl (C=O) groups is 6. The Morgan fingerprint density at radius 2 is 1.69 bits per heavy atom. The molecule has 350 valence electrons. The molecule has 5 aromatic rings. The van der Waals surface area contributed by atoms with Crippen molar-refractivity contribution in [2.75, 3.05) is 69.2 Å². The summed E-state index contributed by atoms with van der Waals surface area (Å²) in [4.78, 5) is 102. The highest BCUT2D eigenvalue weighted by molar-refractivity contribution is 6.25. The smallest absolute Gasteiger partial charge is 0.264 e. The van der Waals surface area contributed by atoms with Gasteiger partial charge in [0.1, 0.15) is 11.9 Å². The third kappa shape index (κ3) is 10.1. The number of piperidine rings is 1. The monoisotopic (exact) mass is 913 g/mol. The summed E-state index contributed by atoms with van der Waals surface area (Å²) in [7, 11) is 0. The van der Waals surface area contributed by atoms with Gasteiger partial charge in [0, 0.05) is 105 Å². The molecule has 6 amide bonds. The molecule has 19 nitrogen and oxygen atoms in total. The van der Waals surface area contributed by atoms with E-state index in [0.29, 0.717) is 42.9 Å². The van der Waals surface area contributed by atoms with Crippen LogP contribution >= 0.6 is 0 Å². The van der Waals surface area contributed by atoms with Gasteiger partial charge in [-0.15, -0.1) is 0 Å². The molecule has 2 fully saturated rings. The Hall–Kier alpha value is -7.25. The Morgan fingerprint density at radius 1 is 0.896 bits per heavy atom. The molecule has 0 bridgehead atoms. The number of H-pyrrole nitrogens is 1. The Kier molecular flexibility index (Phi) is 13.9. The maximum atomic E-state index is 13.7. The van der Waals surface area contributed by atoms with E-state index in [0.717, 1.165) is 70.2 Å². The molecular formula is C48H55N11O8. The predicted molar refractivity (Wildman–Crippen MR) is 250 cm³/mol. The van der Waals surface area contributed by atoms with Gasteiger partial charge in [0.05, 0.1) is 41.6 Å². The molecule has 3 aliphatic heterocycles. The van der Waals surface area contributed by atoms with E-state index in [9.17, 15) is 33.6 Å². The number of piperazine rings is 1. The van der Waals surface area contributed by atoms with Crippen LogP contribution in [0.4, 0.5) is 11.5 Å². The first-order chi connectivity index (χ1) is 32.3. The lowest BCUT2D eigenvalue weighted by atomic mass is 10.0. The van der Waals surface area contributed by atoms with Gasteiger partial charge in [0.25, 0.3) is 23.3 Å². The Bertz CT molecular complexity index is 2790. The summed E-state index contributed by atoms with van der Waals surface area (Å²) >= 11 is 0. The Balaban J connectivity index is 0.763. The number of aromatic amines is 1. The summed E-state index contributed by atoms with van der Waals surface area (Å²) in [6.45, 7) is 12.7. The summed E-state index contributed by atoms with van der Waals surface area (Å²) < 4.78 is 7.59. The van der Waals surface area contributed by atoms with Crippen LogP contribution in [-0.2, 0) is 25.7 Å². The van der Waals surface area contributed by atoms with Gasteiger partial charge in [-0.25, -0.2) is 4.98 Å². The molecule has 0 spiro atoms. The first kappa shape index (κ1) is 46.3. The van der Waals surface area contributed by atoms with E-state index in [1.54, 1.807) is 24.4 Å². The largest absolute Gasteiger partial charge is 0.382 e. The van der Waals surface area contributed by atoms with Gasteiger partial charge in [-0.05, 0) is 87.7 Å². The minimum absolute atomic E-state index is 0.0465. The highest BCUT2D eigenvalue weighted by Crippen LogP contribution is 2.33. The zero-order chi connectivity index (χ0) is 47.4. The van der Waals surface area contributed by atoms with E-state index < -0.39 is 29.7 Å². The summed E-state index contributed by atoms with van der Waals surface area (Å²) in [5.41, 5.74) is 5.65. The van der Waals surface area contributed by atoms with Gasteiger partial charge in [-0.3, -0.25) is 53.4 Å². The van der Waals surface area contributed by atoms with Gasteiger partial charge in [0.15, 0.2) is 0 Å². The number of anilines is 2. The number of imide groups is 2. The third-order valence-electron chi connectivity index (χ3n) is 12.4. The van der Waals surface area contributed by atoms with Crippen LogP contribution < -0.4 is 31.7 Å². The van der Waals surface area contributed by atoms with Crippen molar-refractivity contribution < 1.29 is 33.5 Å². The highest BCUT2D eigenvalue weighted by Gasteiger charge is 2.45. The van der Waals surface area contributed by atoms with Gasteiger partial charge in [0.2, 0.25) is 17.7 Å². The number of carbonyl (C=O) groups excluding carboxylic acids is 6. The molecule has 1 unspecified atom stereocenters. The van der Waals surface area contributed by atoms with Crippen molar-refractivity contribution >= 4 is 57.9 Å². The van der Waals surface area contributed by atoms with Crippen LogP contribution in [0.2, 0.25) is 0 Å². The van der Waals surface area contributed by atoms with Crippen LogP contribution in [0.3, 0.4) is 0 Å². The van der Waals surface area contributed by atoms with Crippen LogP contribution in [-0.4, -0.2) is 130 Å². The van der Waals surface area contributed by atoms with Crippen molar-refractivity contribution in [3.63, 3.8) is 0 Å². The number of hydrogen-bond donors (Lipinski definition) is 5. The van der Waals surface area contributed by atoms with E-state index in [1.807, 2.05) is 68.9 Å². The quantitative estimate of drug-likeness (QED) is 0.0668. The minimum atomic E-state index is -1.04. The number of amides is 6. The fourth-order valence-corrected chi connectivity index (χ4v) is 8.85. The molecule has 1 atom stereocenters. The number of nitrogens with zero attached hydrogens (tertiary/aromatic N) is 6. The van der Waals surface area contributed by atoms with E-state index in [-0.39, 0.29) is 67.1 Å². The number of pyridine rings is 2. The topological polar surface area (TPSA) is 233 Å². The van der Waals surface area contributed by atoms with Crippen molar-refractivity contribution in [1.29, 1.82) is 0 Å². The summed E-state index contributed by atoms with van der Waals surface area (Å²) in [5, 5.41) is 16.5. The molecule has 67 heavy (non-hydrogen) atoms. The van der Waals surface area contributed by atoms with Crippen molar-refractivity contribution in [2.24, 2.45) is 0 Å². The molecule has 5 N–H and O–H groups in total. The molecule has 2 aromatic carbocycles. The van der Waals surface area contributed by atoms with Crippen LogP contribution in [0, 0.1) is 13.8 Å². The van der Waals surface area contributed by atoms with Crippen LogP contribution in [0.25, 0.3) is 22.0 Å². The lowest BCUT2D eigenvalue weighted by molar-refractivity contribution is -0.136. The second kappa shape index (κ2) is 20.1. The molecule has 0 saturated carbocycles. The lowest BCUT2D eigenvalue weighted by Gasteiger charge is -2.35. The van der Waals surface area contributed by atoms with E-state index in [1.165, 1.54) is 0 Å². The van der Waals surface area contributed by atoms with Gasteiger partial charge < -0.3 is 30.6 Å². The number of rotatable bonds is 17. The number of fused-ring (bicyclic) bond motifs is 2. The van der Waals surface area contributed by atoms with Crippen molar-refractivity contribution in [3.8, 4) is 11.1 Å². The van der Waals surface area contributed by atoms with E-state index in [4.69, 9.17) is 9.72 Å². The van der Waals surface area contributed by atoms with Crippen LogP contribution in [0.1, 0.15) is 87.0 Å². The van der Waals surface area contributed by atoms with Crippen LogP contribution in [0.15, 0.2) is 65.7 Å². The normalized spacial score (nSPS) is 16.5. The summed E-state index contributed by atoms with van der Waals surface area (Å²) in [5.74, 6) is -1.78. The first-order valence-electron chi connectivity index (χ1n) is 22.6. The Labute approximate surface area is 386 Å².